The van der Waals surface area contributed by atoms with Crippen molar-refractivity contribution in [2.45, 2.75) is 43.7 Å². The molecule has 86 heavy (non-hydrogen) atoms. The van der Waals surface area contributed by atoms with E-state index in [9.17, 15) is 53.5 Å². The molecule has 0 radical (unpaired) electrons. The summed E-state index contributed by atoms with van der Waals surface area (Å²) >= 11 is 0. The molecule has 0 spiro atoms. The second-order valence-corrected chi connectivity index (χ2v) is 20.8. The molecule has 30 heteroatoms. The lowest BCUT2D eigenvalue weighted by molar-refractivity contribution is -0.195. The number of aliphatic imine (C=N–C) groups is 1. The number of nitrogens with two attached hydrogens (primary N) is 1. The van der Waals surface area contributed by atoms with Crippen LogP contribution < -0.4 is 15.8 Å². The lowest BCUT2D eigenvalue weighted by atomic mass is 10.0. The first kappa shape index (κ1) is 71.0. The average Bonchev–Trinajstić information content (AvgIpc) is 1.93. The van der Waals surface area contributed by atoms with Crippen LogP contribution in [0.3, 0.4) is 0 Å². The quantitative estimate of drug-likeness (QED) is 0.0172. The Morgan fingerprint density at radius 3 is 1.63 bits per heavy atom. The molecule has 3 aromatic carbocycles. The molecule has 2 aliphatic rings. The molecule has 22 nitrogen and oxygen atoms in total. The first-order chi connectivity index (χ1) is 41.4. The predicted molar refractivity (Wildman–Crippen MR) is 294 cm³/mol. The van der Waals surface area contributed by atoms with Crippen molar-refractivity contribution in [3.63, 3.8) is 0 Å². The largest absolute Gasteiger partial charge is 0.420 e. The van der Waals surface area contributed by atoms with Gasteiger partial charge in [-0.2, -0.15) is 26.3 Å². The van der Waals surface area contributed by atoms with Crippen LogP contribution in [-0.2, 0) is 76.6 Å². The van der Waals surface area contributed by atoms with Crippen molar-refractivity contribution >= 4 is 45.4 Å². The molecule has 3 N–H and O–H groups in total. The topological polar surface area (TPSA) is 253 Å². The number of esters is 1. The fourth-order valence-electron chi connectivity index (χ4n) is 7.86. The molecule has 2 heterocycles. The summed E-state index contributed by atoms with van der Waals surface area (Å²) in [5.74, 6) is -10.6. The minimum absolute atomic E-state index is 0.00682. The number of halogens is 7. The van der Waals surface area contributed by atoms with E-state index in [1.807, 2.05) is 0 Å². The Kier molecular flexibility index (Phi) is 31.8. The molecule has 2 amide bonds. The molecular formula is C56H74F7N5O17S. The number of carbonyl (C=O) groups excluding carboxylic acids is 3. The van der Waals surface area contributed by atoms with Gasteiger partial charge in [0.1, 0.15) is 5.84 Å². The van der Waals surface area contributed by atoms with E-state index in [0.717, 1.165) is 0 Å². The Bertz CT molecular complexity index is 2730. The molecule has 0 atom stereocenters. The number of carbonyl (C=O) groups is 3. The van der Waals surface area contributed by atoms with Crippen LogP contribution in [0.5, 0.6) is 5.75 Å². The van der Waals surface area contributed by atoms with Crippen LogP contribution in [0.2, 0.25) is 0 Å². The monoisotopic (exact) mass is 1250 g/mol. The Morgan fingerprint density at radius 1 is 0.663 bits per heavy atom. The lowest BCUT2D eigenvalue weighted by Gasteiger charge is -2.38. The van der Waals surface area contributed by atoms with Gasteiger partial charge in [0.15, 0.2) is 11.6 Å². The van der Waals surface area contributed by atoms with Gasteiger partial charge >= 0.3 is 12.1 Å². The maximum Gasteiger partial charge on any atom is 0.390 e. The Labute approximate surface area is 494 Å². The van der Waals surface area contributed by atoms with Gasteiger partial charge < -0.3 is 63.2 Å². The Morgan fingerprint density at radius 2 is 1.14 bits per heavy atom. The van der Waals surface area contributed by atoms with Gasteiger partial charge in [-0.3, -0.25) is 19.2 Å². The van der Waals surface area contributed by atoms with Crippen LogP contribution in [-0.4, -0.2) is 213 Å². The lowest BCUT2D eigenvalue weighted by Crippen LogP contribution is -2.53. The zero-order valence-corrected chi connectivity index (χ0v) is 48.5. The highest BCUT2D eigenvalue weighted by Gasteiger charge is 2.37. The van der Waals surface area contributed by atoms with Gasteiger partial charge in [-0.15, -0.1) is 0 Å². The minimum Gasteiger partial charge on any atom is -0.420 e. The molecule has 480 valence electrons. The number of alkyl halides is 3. The SMILES string of the molecule is CCON(CCC(F)(F)F)C(=O)C1=Cc2ccc(-c3cccc(S(=O)(=O)N4CC(CNC(=O)CCOCCOCCOCCOCCOCCOCCOCCOCCOCCOCCC(=O)Oc5c(F)c(F)cc(F)c5F)C4)c3)cc2N=C(N)C1. The number of hydroxylamine groups is 2. The average molecular weight is 1250 g/mol. The van der Waals surface area contributed by atoms with Gasteiger partial charge in [-0.05, 0) is 42.3 Å². The molecule has 1 fully saturated rings. The second kappa shape index (κ2) is 38.5. The van der Waals surface area contributed by atoms with E-state index in [-0.39, 0.29) is 106 Å². The molecule has 5 rings (SSSR count). The second-order valence-electron chi connectivity index (χ2n) is 18.8. The van der Waals surface area contributed by atoms with Gasteiger partial charge in [-0.25, -0.2) is 27.3 Å². The summed E-state index contributed by atoms with van der Waals surface area (Å²) < 4.78 is 180. The first-order valence-corrected chi connectivity index (χ1v) is 29.2. The van der Waals surface area contributed by atoms with Gasteiger partial charge in [0.25, 0.3) is 5.91 Å². The number of nitrogens with one attached hydrogen (secondary N) is 1. The molecule has 1 saturated heterocycles. The third-order valence-corrected chi connectivity index (χ3v) is 14.1. The summed E-state index contributed by atoms with van der Waals surface area (Å²) in [5, 5.41) is 3.52. The maximum absolute atomic E-state index is 13.6. The van der Waals surface area contributed by atoms with Gasteiger partial charge in [0.2, 0.25) is 33.3 Å². The van der Waals surface area contributed by atoms with Crippen LogP contribution in [0.1, 0.15) is 38.2 Å². The number of amidine groups is 1. The Hall–Kier alpha value is -5.74. The Balaban J connectivity index is 0.769. The van der Waals surface area contributed by atoms with Crippen molar-refractivity contribution < 1.29 is 110 Å². The number of hydrogen-bond donors (Lipinski definition) is 2. The van der Waals surface area contributed by atoms with Crippen molar-refractivity contribution in [2.24, 2.45) is 16.6 Å². The zero-order chi connectivity index (χ0) is 62.2. The van der Waals surface area contributed by atoms with Crippen molar-refractivity contribution in [3.05, 3.63) is 82.9 Å². The van der Waals surface area contributed by atoms with Gasteiger partial charge in [-0.1, -0.05) is 24.3 Å². The highest BCUT2D eigenvalue weighted by atomic mass is 32.2. The smallest absolute Gasteiger partial charge is 0.390 e. The fraction of sp³-hybridized carbons (Fsp3) is 0.571. The van der Waals surface area contributed by atoms with Crippen LogP contribution in [0.4, 0.5) is 36.4 Å². The molecular weight excluding hydrogens is 1180 g/mol. The minimum atomic E-state index is -4.49. The number of rotatable bonds is 44. The number of sulfonamides is 1. The van der Waals surface area contributed by atoms with Gasteiger partial charge in [0.05, 0.1) is 169 Å². The van der Waals surface area contributed by atoms with E-state index in [4.69, 9.17) is 57.9 Å². The van der Waals surface area contributed by atoms with Crippen molar-refractivity contribution in [1.29, 1.82) is 0 Å². The molecule has 0 unspecified atom stereocenters. The molecule has 0 saturated carbocycles. The first-order valence-electron chi connectivity index (χ1n) is 27.7. The summed E-state index contributed by atoms with van der Waals surface area (Å²) in [7, 11) is -3.87. The van der Waals surface area contributed by atoms with E-state index < -0.39 is 76.5 Å². The summed E-state index contributed by atoms with van der Waals surface area (Å²) in [6.45, 7) is 7.54. The third-order valence-electron chi connectivity index (χ3n) is 12.3. The number of hydrogen-bond acceptors (Lipinski definition) is 19. The van der Waals surface area contributed by atoms with E-state index >= 15 is 0 Å². The molecule has 0 aromatic heterocycles. The number of nitrogens with zero attached hydrogens (tertiary/aromatic N) is 3. The number of benzene rings is 3. The van der Waals surface area contributed by atoms with E-state index in [1.54, 1.807) is 43.3 Å². The van der Waals surface area contributed by atoms with Crippen molar-refractivity contribution in [3.8, 4) is 16.9 Å². The van der Waals surface area contributed by atoms with Crippen LogP contribution in [0, 0.1) is 29.2 Å². The zero-order valence-electron chi connectivity index (χ0n) is 47.7. The van der Waals surface area contributed by atoms with Crippen LogP contribution >= 0.6 is 0 Å². The standard InChI is InChI=1S/C56H74F7N5O17S/c1-2-84-68(11-10-56(61,62)63)55(71)44-32-43-7-6-42(34-48(43)66-49(64)35-44)41-4-3-5-45(33-41)86(72,73)67-38-40(39-67)37-65-50(69)8-12-74-14-16-76-18-20-78-22-24-80-26-28-82-30-31-83-29-27-81-25-23-79-21-19-77-17-15-75-13-9-51(70)85-54-52(59)46(57)36-47(58)53(54)60/h3-7,32-34,36,40H,2,8-31,35,37-39H2,1H3,(H2,64,66)(H,65,69). The highest BCUT2D eigenvalue weighted by Crippen LogP contribution is 2.34. The van der Waals surface area contributed by atoms with Crippen LogP contribution in [0.15, 0.2) is 64.0 Å². The third kappa shape index (κ3) is 25.9. The molecule has 3 aromatic rings. The summed E-state index contributed by atoms with van der Waals surface area (Å²) in [4.78, 5) is 47.1. The van der Waals surface area contributed by atoms with E-state index in [0.29, 0.717) is 126 Å². The van der Waals surface area contributed by atoms with E-state index in [1.165, 1.54) is 16.4 Å². The summed E-state index contributed by atoms with van der Waals surface area (Å²) in [5.41, 5.74) is 8.30. The maximum atomic E-state index is 13.6. The number of amides is 2. The van der Waals surface area contributed by atoms with E-state index in [2.05, 4.69) is 15.0 Å². The van der Waals surface area contributed by atoms with Gasteiger partial charge in [0, 0.05) is 55.6 Å². The number of fused-ring (bicyclic) bond motifs is 1. The molecule has 2 aliphatic heterocycles. The van der Waals surface area contributed by atoms with Crippen molar-refractivity contribution in [2.75, 3.05) is 165 Å². The molecule has 0 aliphatic carbocycles. The predicted octanol–water partition coefficient (Wildman–Crippen LogP) is 5.71. The highest BCUT2D eigenvalue weighted by molar-refractivity contribution is 7.89. The normalized spacial score (nSPS) is 13.9. The molecule has 0 bridgehead atoms. The summed E-state index contributed by atoms with van der Waals surface area (Å²) in [6.07, 6.45) is -4.66. The number of ether oxygens (including phenoxy) is 11. The fourth-order valence-corrected chi connectivity index (χ4v) is 9.50. The van der Waals surface area contributed by atoms with Crippen LogP contribution in [0.25, 0.3) is 17.2 Å². The van der Waals surface area contributed by atoms with Crippen molar-refractivity contribution in [1.82, 2.24) is 14.7 Å². The summed E-state index contributed by atoms with van der Waals surface area (Å²) in [6, 6.07) is 11.5.